The average molecular weight is 354 g/mol. The number of methoxy groups -OCH3 is 1. The van der Waals surface area contributed by atoms with E-state index in [9.17, 15) is 14.0 Å². The van der Waals surface area contributed by atoms with Gasteiger partial charge in [0, 0.05) is 19.3 Å². The first kappa shape index (κ1) is 17.7. The number of fused-ring (bicyclic) bond motifs is 1. The quantitative estimate of drug-likeness (QED) is 0.766. The fourth-order valence-corrected chi connectivity index (χ4v) is 2.81. The van der Waals surface area contributed by atoms with Crippen molar-refractivity contribution < 1.29 is 13.9 Å². The van der Waals surface area contributed by atoms with Crippen LogP contribution in [0.1, 0.15) is 22.8 Å². The van der Waals surface area contributed by atoms with Crippen molar-refractivity contribution in [1.82, 2.24) is 9.88 Å². The SMILES string of the molecule is CCn1cc(C(=O)NCc2ccc(F)cc2)c(=O)c2cc(OC)ccc21. The molecule has 0 saturated carbocycles. The van der Waals surface area contributed by atoms with Crippen LogP contribution in [0.5, 0.6) is 5.75 Å². The zero-order valence-corrected chi connectivity index (χ0v) is 14.6. The molecule has 0 aliphatic heterocycles. The van der Waals surface area contributed by atoms with Gasteiger partial charge < -0.3 is 14.6 Å². The second kappa shape index (κ2) is 7.39. The van der Waals surface area contributed by atoms with Crippen molar-refractivity contribution in [1.29, 1.82) is 0 Å². The van der Waals surface area contributed by atoms with Crippen LogP contribution in [-0.4, -0.2) is 17.6 Å². The number of nitrogens with zero attached hydrogens (tertiary/aromatic N) is 1. The summed E-state index contributed by atoms with van der Waals surface area (Å²) in [7, 11) is 1.53. The molecule has 1 heterocycles. The molecule has 134 valence electrons. The first-order valence-corrected chi connectivity index (χ1v) is 8.27. The standard InChI is InChI=1S/C20H19FN2O3/c1-3-23-12-17(19(24)16-10-15(26-2)8-9-18(16)23)20(25)22-11-13-4-6-14(21)7-5-13/h4-10,12H,3,11H2,1-2H3,(H,22,25). The second-order valence-electron chi connectivity index (χ2n) is 5.85. The molecule has 0 atom stereocenters. The van der Waals surface area contributed by atoms with Gasteiger partial charge in [-0.3, -0.25) is 9.59 Å². The Kier molecular flexibility index (Phi) is 5.02. The number of aromatic nitrogens is 1. The van der Waals surface area contributed by atoms with Gasteiger partial charge in [-0.05, 0) is 42.8 Å². The number of hydrogen-bond acceptors (Lipinski definition) is 3. The Balaban J connectivity index is 1.95. The zero-order chi connectivity index (χ0) is 18.7. The van der Waals surface area contributed by atoms with Crippen molar-refractivity contribution in [3.63, 3.8) is 0 Å². The minimum atomic E-state index is -0.466. The summed E-state index contributed by atoms with van der Waals surface area (Å²) in [5.74, 6) is -0.248. The van der Waals surface area contributed by atoms with Crippen LogP contribution in [0.2, 0.25) is 0 Å². The van der Waals surface area contributed by atoms with Crippen molar-refractivity contribution in [2.75, 3.05) is 7.11 Å². The summed E-state index contributed by atoms with van der Waals surface area (Å²) in [6.07, 6.45) is 1.57. The number of carbonyl (C=O) groups is 1. The normalized spacial score (nSPS) is 10.7. The van der Waals surface area contributed by atoms with E-state index < -0.39 is 5.91 Å². The Bertz CT molecular complexity index is 1010. The number of benzene rings is 2. The predicted octanol–water partition coefficient (Wildman–Crippen LogP) is 3.10. The van der Waals surface area contributed by atoms with Gasteiger partial charge in [0.2, 0.25) is 5.43 Å². The molecule has 3 aromatic rings. The third kappa shape index (κ3) is 3.44. The van der Waals surface area contributed by atoms with Gasteiger partial charge in [0.1, 0.15) is 17.1 Å². The molecule has 3 rings (SSSR count). The molecule has 1 amide bonds. The van der Waals surface area contributed by atoms with E-state index in [-0.39, 0.29) is 23.4 Å². The van der Waals surface area contributed by atoms with Crippen molar-refractivity contribution in [2.24, 2.45) is 0 Å². The van der Waals surface area contributed by atoms with Crippen LogP contribution in [0.3, 0.4) is 0 Å². The largest absolute Gasteiger partial charge is 0.497 e. The summed E-state index contributed by atoms with van der Waals surface area (Å²) in [5.41, 5.74) is 1.21. The summed E-state index contributed by atoms with van der Waals surface area (Å²) in [6.45, 7) is 2.76. The van der Waals surface area contributed by atoms with Gasteiger partial charge >= 0.3 is 0 Å². The second-order valence-corrected chi connectivity index (χ2v) is 5.85. The lowest BCUT2D eigenvalue weighted by Gasteiger charge is -2.12. The lowest BCUT2D eigenvalue weighted by Crippen LogP contribution is -2.29. The third-order valence-corrected chi connectivity index (χ3v) is 4.24. The highest BCUT2D eigenvalue weighted by atomic mass is 19.1. The molecular formula is C20H19FN2O3. The first-order chi connectivity index (χ1) is 12.5. The number of amides is 1. The van der Waals surface area contributed by atoms with Crippen molar-refractivity contribution in [3.05, 3.63) is 75.8 Å². The molecular weight excluding hydrogens is 335 g/mol. The smallest absolute Gasteiger partial charge is 0.257 e. The molecule has 1 N–H and O–H groups in total. The lowest BCUT2D eigenvalue weighted by atomic mass is 10.1. The number of pyridine rings is 1. The van der Waals surface area contributed by atoms with Gasteiger partial charge in [-0.25, -0.2) is 4.39 Å². The van der Waals surface area contributed by atoms with E-state index in [0.29, 0.717) is 17.7 Å². The van der Waals surface area contributed by atoms with Crippen molar-refractivity contribution in [3.8, 4) is 5.75 Å². The fourth-order valence-electron chi connectivity index (χ4n) is 2.81. The van der Waals surface area contributed by atoms with Gasteiger partial charge in [0.05, 0.1) is 18.0 Å². The molecule has 6 heteroatoms. The molecule has 0 aliphatic rings. The first-order valence-electron chi connectivity index (χ1n) is 8.27. The van der Waals surface area contributed by atoms with E-state index in [1.807, 2.05) is 11.5 Å². The minimum Gasteiger partial charge on any atom is -0.497 e. The molecule has 0 aliphatic carbocycles. The maximum Gasteiger partial charge on any atom is 0.257 e. The van der Waals surface area contributed by atoms with Crippen LogP contribution in [0.15, 0.2) is 53.5 Å². The number of nitrogens with one attached hydrogen (secondary N) is 1. The molecule has 1 aromatic heterocycles. The number of rotatable bonds is 5. The van der Waals surface area contributed by atoms with Crippen LogP contribution in [0, 0.1) is 5.82 Å². The topological polar surface area (TPSA) is 60.3 Å². The number of carbonyl (C=O) groups excluding carboxylic acids is 1. The Labute approximate surface area is 150 Å². The highest BCUT2D eigenvalue weighted by Gasteiger charge is 2.15. The molecule has 2 aromatic carbocycles. The van der Waals surface area contributed by atoms with Crippen molar-refractivity contribution in [2.45, 2.75) is 20.0 Å². The maximum atomic E-state index is 13.0. The number of ether oxygens (including phenoxy) is 1. The molecule has 0 saturated heterocycles. The van der Waals surface area contributed by atoms with E-state index in [1.54, 1.807) is 36.5 Å². The van der Waals surface area contributed by atoms with Crippen LogP contribution >= 0.6 is 0 Å². The van der Waals surface area contributed by atoms with Gasteiger partial charge in [0.15, 0.2) is 0 Å². The third-order valence-electron chi connectivity index (χ3n) is 4.24. The highest BCUT2D eigenvalue weighted by Crippen LogP contribution is 2.19. The summed E-state index contributed by atoms with van der Waals surface area (Å²) in [6, 6.07) is 11.1. The van der Waals surface area contributed by atoms with Crippen LogP contribution in [0.25, 0.3) is 10.9 Å². The van der Waals surface area contributed by atoms with E-state index in [0.717, 1.165) is 11.1 Å². The lowest BCUT2D eigenvalue weighted by molar-refractivity contribution is 0.0949. The van der Waals surface area contributed by atoms with Gasteiger partial charge in [-0.2, -0.15) is 0 Å². The Morgan fingerprint density at radius 1 is 1.19 bits per heavy atom. The molecule has 0 unspecified atom stereocenters. The monoisotopic (exact) mass is 354 g/mol. The average Bonchev–Trinajstić information content (AvgIpc) is 2.67. The van der Waals surface area contributed by atoms with Gasteiger partial charge in [-0.15, -0.1) is 0 Å². The Hall–Kier alpha value is -3.15. The molecule has 26 heavy (non-hydrogen) atoms. The number of halogens is 1. The summed E-state index contributed by atoms with van der Waals surface area (Å²) in [5, 5.41) is 3.15. The van der Waals surface area contributed by atoms with Crippen LogP contribution < -0.4 is 15.5 Å². The van der Waals surface area contributed by atoms with E-state index in [1.165, 1.54) is 19.2 Å². The zero-order valence-electron chi connectivity index (χ0n) is 14.6. The van der Waals surface area contributed by atoms with E-state index in [4.69, 9.17) is 4.74 Å². The van der Waals surface area contributed by atoms with Gasteiger partial charge in [0.25, 0.3) is 5.91 Å². The summed E-state index contributed by atoms with van der Waals surface area (Å²) in [4.78, 5) is 25.3. The fraction of sp³-hybridized carbons (Fsp3) is 0.200. The van der Waals surface area contributed by atoms with Crippen LogP contribution in [-0.2, 0) is 13.1 Å². The number of hydrogen-bond donors (Lipinski definition) is 1. The molecule has 5 nitrogen and oxygen atoms in total. The highest BCUT2D eigenvalue weighted by molar-refractivity contribution is 5.97. The summed E-state index contributed by atoms with van der Waals surface area (Å²) >= 11 is 0. The van der Waals surface area contributed by atoms with E-state index in [2.05, 4.69) is 5.32 Å². The van der Waals surface area contributed by atoms with Gasteiger partial charge in [-0.1, -0.05) is 12.1 Å². The molecule has 0 fully saturated rings. The van der Waals surface area contributed by atoms with Crippen LogP contribution in [0.4, 0.5) is 4.39 Å². The number of aryl methyl sites for hydroxylation is 1. The van der Waals surface area contributed by atoms with E-state index >= 15 is 0 Å². The Morgan fingerprint density at radius 2 is 1.92 bits per heavy atom. The van der Waals surface area contributed by atoms with Crippen molar-refractivity contribution >= 4 is 16.8 Å². The summed E-state index contributed by atoms with van der Waals surface area (Å²) < 4.78 is 20.0. The minimum absolute atomic E-state index is 0.0646. The Morgan fingerprint density at radius 3 is 2.58 bits per heavy atom. The molecule has 0 bridgehead atoms. The predicted molar refractivity (Wildman–Crippen MR) is 98.0 cm³/mol. The maximum absolute atomic E-state index is 13.0. The molecule has 0 spiro atoms. The molecule has 0 radical (unpaired) electrons.